The van der Waals surface area contributed by atoms with Crippen molar-refractivity contribution in [2.24, 2.45) is 0 Å². The molecule has 0 aliphatic rings. The van der Waals surface area contributed by atoms with E-state index < -0.39 is 0 Å². The van der Waals surface area contributed by atoms with Crippen molar-refractivity contribution in [1.82, 2.24) is 4.90 Å². The third-order valence-corrected chi connectivity index (χ3v) is 3.37. The molecule has 0 saturated heterocycles. The Balaban J connectivity index is 2.12. The minimum atomic E-state index is 0.129. The molecule has 0 atom stereocenters. The van der Waals surface area contributed by atoms with Crippen LogP contribution in [0.1, 0.15) is 11.1 Å². The van der Waals surface area contributed by atoms with Crippen LogP contribution in [0.5, 0.6) is 5.75 Å². The molecule has 2 aromatic carbocycles. The average molecular weight is 286 g/mol. The molecule has 4 heteroatoms. The fourth-order valence-corrected chi connectivity index (χ4v) is 2.33. The Bertz CT molecular complexity index is 558. The smallest absolute Gasteiger partial charge is 0.125 e. The van der Waals surface area contributed by atoms with E-state index in [1.165, 1.54) is 5.56 Å². The van der Waals surface area contributed by atoms with Crippen LogP contribution >= 0.6 is 0 Å². The number of nitrogens with two attached hydrogens (primary N) is 1. The third kappa shape index (κ3) is 4.48. The molecule has 0 unspecified atom stereocenters. The molecule has 112 valence electrons. The zero-order chi connectivity index (χ0) is 15.1. The molecule has 0 radical (unpaired) electrons. The van der Waals surface area contributed by atoms with Gasteiger partial charge in [-0.3, -0.25) is 4.90 Å². The highest BCUT2D eigenvalue weighted by molar-refractivity contribution is 5.48. The SMILES string of the molecule is COc1cc(N)ccc1CN(CCO)Cc1ccccc1. The molecule has 0 aliphatic heterocycles. The van der Waals surface area contributed by atoms with Crippen molar-refractivity contribution in [3.05, 3.63) is 59.7 Å². The summed E-state index contributed by atoms with van der Waals surface area (Å²) >= 11 is 0. The topological polar surface area (TPSA) is 58.7 Å². The number of nitrogen functional groups attached to an aromatic ring is 1. The van der Waals surface area contributed by atoms with Crippen molar-refractivity contribution in [1.29, 1.82) is 0 Å². The van der Waals surface area contributed by atoms with Crippen LogP contribution in [0.3, 0.4) is 0 Å². The molecule has 0 aliphatic carbocycles. The first-order valence-corrected chi connectivity index (χ1v) is 7.02. The van der Waals surface area contributed by atoms with Gasteiger partial charge in [-0.05, 0) is 11.6 Å². The molecule has 0 spiro atoms. The van der Waals surface area contributed by atoms with Gasteiger partial charge in [-0.2, -0.15) is 0 Å². The second-order valence-corrected chi connectivity index (χ2v) is 4.99. The maximum absolute atomic E-state index is 9.27. The first kappa shape index (κ1) is 15.4. The van der Waals surface area contributed by atoms with Crippen molar-refractivity contribution >= 4 is 5.69 Å². The molecular weight excluding hydrogens is 264 g/mol. The van der Waals surface area contributed by atoms with E-state index in [0.717, 1.165) is 17.9 Å². The Kier molecular flexibility index (Phi) is 5.60. The van der Waals surface area contributed by atoms with Crippen LogP contribution in [0.2, 0.25) is 0 Å². The highest BCUT2D eigenvalue weighted by atomic mass is 16.5. The number of aliphatic hydroxyl groups excluding tert-OH is 1. The lowest BCUT2D eigenvalue weighted by Gasteiger charge is -2.22. The molecule has 2 aromatic rings. The minimum absolute atomic E-state index is 0.129. The van der Waals surface area contributed by atoms with Gasteiger partial charge in [0.1, 0.15) is 5.75 Å². The Morgan fingerprint density at radius 2 is 1.86 bits per heavy atom. The Hall–Kier alpha value is -2.04. The standard InChI is InChI=1S/C17H22N2O2/c1-21-17-11-16(18)8-7-15(17)13-19(9-10-20)12-14-5-3-2-4-6-14/h2-8,11,20H,9-10,12-13,18H2,1H3. The Labute approximate surface area is 125 Å². The maximum atomic E-state index is 9.27. The highest BCUT2D eigenvalue weighted by Crippen LogP contribution is 2.23. The average Bonchev–Trinajstić information content (AvgIpc) is 2.50. The number of hydrogen-bond donors (Lipinski definition) is 2. The number of benzene rings is 2. The van der Waals surface area contributed by atoms with Gasteiger partial charge in [0.05, 0.1) is 13.7 Å². The summed E-state index contributed by atoms with van der Waals surface area (Å²) in [5.41, 5.74) is 8.76. The molecule has 21 heavy (non-hydrogen) atoms. The van der Waals surface area contributed by atoms with Gasteiger partial charge in [0.15, 0.2) is 0 Å². The van der Waals surface area contributed by atoms with E-state index in [1.807, 2.05) is 36.4 Å². The van der Waals surface area contributed by atoms with Crippen LogP contribution in [-0.4, -0.2) is 30.3 Å². The molecular formula is C17H22N2O2. The molecule has 2 rings (SSSR count). The Morgan fingerprint density at radius 1 is 1.10 bits per heavy atom. The van der Waals surface area contributed by atoms with Gasteiger partial charge in [0.2, 0.25) is 0 Å². The van der Waals surface area contributed by atoms with Crippen LogP contribution in [-0.2, 0) is 13.1 Å². The number of methoxy groups -OCH3 is 1. The summed E-state index contributed by atoms with van der Waals surface area (Å²) in [5.74, 6) is 0.783. The fraction of sp³-hybridized carbons (Fsp3) is 0.294. The number of hydrogen-bond acceptors (Lipinski definition) is 4. The number of ether oxygens (including phenoxy) is 1. The van der Waals surface area contributed by atoms with Gasteiger partial charge in [0.25, 0.3) is 0 Å². The summed E-state index contributed by atoms with van der Waals surface area (Å²) in [6.45, 7) is 2.24. The summed E-state index contributed by atoms with van der Waals surface area (Å²) in [4.78, 5) is 2.18. The lowest BCUT2D eigenvalue weighted by molar-refractivity contribution is 0.183. The third-order valence-electron chi connectivity index (χ3n) is 3.37. The summed E-state index contributed by atoms with van der Waals surface area (Å²) in [5, 5.41) is 9.27. The summed E-state index contributed by atoms with van der Waals surface area (Å²) in [7, 11) is 1.64. The zero-order valence-electron chi connectivity index (χ0n) is 12.3. The predicted octanol–water partition coefficient (Wildman–Crippen LogP) is 2.27. The lowest BCUT2D eigenvalue weighted by Crippen LogP contribution is -2.26. The van der Waals surface area contributed by atoms with E-state index in [0.29, 0.717) is 18.8 Å². The largest absolute Gasteiger partial charge is 0.496 e. The van der Waals surface area contributed by atoms with Crippen molar-refractivity contribution in [3.63, 3.8) is 0 Å². The maximum Gasteiger partial charge on any atom is 0.125 e. The molecule has 0 amide bonds. The summed E-state index contributed by atoms with van der Waals surface area (Å²) in [6, 6.07) is 15.9. The molecule has 4 nitrogen and oxygen atoms in total. The molecule has 0 fully saturated rings. The molecule has 0 bridgehead atoms. The van der Waals surface area contributed by atoms with Crippen LogP contribution in [0, 0.1) is 0 Å². The molecule has 0 saturated carbocycles. The first-order valence-electron chi connectivity index (χ1n) is 7.02. The fourth-order valence-electron chi connectivity index (χ4n) is 2.33. The number of rotatable bonds is 7. The van der Waals surface area contributed by atoms with Crippen LogP contribution in [0.15, 0.2) is 48.5 Å². The van der Waals surface area contributed by atoms with Crippen molar-refractivity contribution in [3.8, 4) is 5.75 Å². The lowest BCUT2D eigenvalue weighted by atomic mass is 10.1. The van der Waals surface area contributed by atoms with Gasteiger partial charge in [-0.1, -0.05) is 36.4 Å². The van der Waals surface area contributed by atoms with Crippen LogP contribution in [0.4, 0.5) is 5.69 Å². The number of nitrogens with zero attached hydrogens (tertiary/aromatic N) is 1. The monoisotopic (exact) mass is 286 g/mol. The summed E-state index contributed by atoms with van der Waals surface area (Å²) in [6.07, 6.45) is 0. The van der Waals surface area contributed by atoms with Crippen molar-refractivity contribution in [2.45, 2.75) is 13.1 Å². The second kappa shape index (κ2) is 7.67. The van der Waals surface area contributed by atoms with E-state index in [-0.39, 0.29) is 6.61 Å². The molecule has 0 heterocycles. The van der Waals surface area contributed by atoms with Gasteiger partial charge < -0.3 is 15.6 Å². The predicted molar refractivity (Wildman–Crippen MR) is 85.0 cm³/mol. The molecule has 3 N–H and O–H groups in total. The number of aliphatic hydroxyl groups is 1. The van der Waals surface area contributed by atoms with Gasteiger partial charge >= 0.3 is 0 Å². The van der Waals surface area contributed by atoms with E-state index in [9.17, 15) is 5.11 Å². The highest BCUT2D eigenvalue weighted by Gasteiger charge is 2.10. The van der Waals surface area contributed by atoms with Crippen LogP contribution in [0.25, 0.3) is 0 Å². The van der Waals surface area contributed by atoms with Crippen molar-refractivity contribution in [2.75, 3.05) is 26.0 Å². The van der Waals surface area contributed by atoms with E-state index in [4.69, 9.17) is 10.5 Å². The normalized spacial score (nSPS) is 10.8. The quantitative estimate of drug-likeness (QED) is 0.767. The number of anilines is 1. The Morgan fingerprint density at radius 3 is 2.52 bits per heavy atom. The van der Waals surface area contributed by atoms with Crippen molar-refractivity contribution < 1.29 is 9.84 Å². The van der Waals surface area contributed by atoms with Gasteiger partial charge in [-0.25, -0.2) is 0 Å². The summed E-state index contributed by atoms with van der Waals surface area (Å²) < 4.78 is 5.39. The van der Waals surface area contributed by atoms with Gasteiger partial charge in [0, 0.05) is 37.0 Å². The van der Waals surface area contributed by atoms with E-state index in [1.54, 1.807) is 7.11 Å². The van der Waals surface area contributed by atoms with E-state index in [2.05, 4.69) is 17.0 Å². The van der Waals surface area contributed by atoms with Gasteiger partial charge in [-0.15, -0.1) is 0 Å². The second-order valence-electron chi connectivity index (χ2n) is 4.99. The minimum Gasteiger partial charge on any atom is -0.496 e. The molecule has 0 aromatic heterocycles. The first-order chi connectivity index (χ1) is 10.2. The van der Waals surface area contributed by atoms with Crippen LogP contribution < -0.4 is 10.5 Å². The zero-order valence-corrected chi connectivity index (χ0v) is 12.3. The van der Waals surface area contributed by atoms with E-state index >= 15 is 0 Å².